The minimum Gasteiger partial charge on any atom is -0.490 e. The summed E-state index contributed by atoms with van der Waals surface area (Å²) in [5.74, 6) is 0.919. The van der Waals surface area contributed by atoms with Gasteiger partial charge in [0.05, 0.1) is 12.8 Å². The molecule has 0 bridgehead atoms. The summed E-state index contributed by atoms with van der Waals surface area (Å²) in [6.07, 6.45) is 3.85. The van der Waals surface area contributed by atoms with Crippen molar-refractivity contribution in [2.75, 3.05) is 19.7 Å². The third kappa shape index (κ3) is 10.1. The van der Waals surface area contributed by atoms with E-state index in [0.717, 1.165) is 5.56 Å². The molecule has 0 radical (unpaired) electrons. The Bertz CT molecular complexity index is 1300. The zero-order chi connectivity index (χ0) is 29.2. The van der Waals surface area contributed by atoms with Crippen LogP contribution in [0.3, 0.4) is 0 Å². The van der Waals surface area contributed by atoms with Crippen molar-refractivity contribution in [3.8, 4) is 17.2 Å². The van der Waals surface area contributed by atoms with E-state index in [9.17, 15) is 14.0 Å². The van der Waals surface area contributed by atoms with Gasteiger partial charge in [-0.15, -0.1) is 0 Å². The van der Waals surface area contributed by atoms with Crippen molar-refractivity contribution in [1.29, 1.82) is 0 Å². The summed E-state index contributed by atoms with van der Waals surface area (Å²) < 4.78 is 41.3. The molecule has 1 aliphatic rings. The lowest BCUT2D eigenvalue weighted by Crippen LogP contribution is -2.43. The lowest BCUT2D eigenvalue weighted by molar-refractivity contribution is -0.160. The van der Waals surface area contributed by atoms with Gasteiger partial charge in [-0.1, -0.05) is 12.1 Å². The van der Waals surface area contributed by atoms with Crippen LogP contribution in [0.5, 0.6) is 17.2 Å². The summed E-state index contributed by atoms with van der Waals surface area (Å²) in [5, 5.41) is 0. The highest BCUT2D eigenvalue weighted by Gasteiger charge is 2.25. The molecule has 1 aliphatic heterocycles. The first-order valence-electron chi connectivity index (χ1n) is 13.5. The number of aromatic nitrogens is 1. The van der Waals surface area contributed by atoms with E-state index in [1.54, 1.807) is 44.0 Å². The Hall–Kier alpha value is -4.18. The second-order valence-corrected chi connectivity index (χ2v) is 10.7. The first kappa shape index (κ1) is 29.8. The van der Waals surface area contributed by atoms with E-state index in [0.29, 0.717) is 48.7 Å². The molecular weight excluding hydrogens is 531 g/mol. The molecule has 218 valence electrons. The molecule has 1 saturated heterocycles. The van der Waals surface area contributed by atoms with Gasteiger partial charge >= 0.3 is 12.1 Å². The van der Waals surface area contributed by atoms with E-state index < -0.39 is 17.7 Å². The molecule has 0 saturated carbocycles. The minimum absolute atomic E-state index is 0.0368. The molecular formula is C31H35FN2O7. The van der Waals surface area contributed by atoms with E-state index in [-0.39, 0.29) is 31.7 Å². The summed E-state index contributed by atoms with van der Waals surface area (Å²) in [6, 6.07) is 15.2. The van der Waals surface area contributed by atoms with Gasteiger partial charge in [0.1, 0.15) is 42.2 Å². The van der Waals surface area contributed by atoms with Crippen molar-refractivity contribution >= 4 is 12.1 Å². The number of piperidine rings is 1. The number of carbonyl (C=O) groups is 2. The van der Waals surface area contributed by atoms with Gasteiger partial charge in [0.25, 0.3) is 0 Å². The van der Waals surface area contributed by atoms with Crippen LogP contribution in [0, 0.1) is 5.82 Å². The number of halogens is 1. The van der Waals surface area contributed by atoms with E-state index in [4.69, 9.17) is 23.7 Å². The Kier molecular flexibility index (Phi) is 10.1. The monoisotopic (exact) mass is 566 g/mol. The number of esters is 1. The summed E-state index contributed by atoms with van der Waals surface area (Å²) in [5.41, 5.74) is 0.838. The zero-order valence-corrected chi connectivity index (χ0v) is 23.5. The maximum atomic E-state index is 13.3. The molecule has 2 aromatic carbocycles. The van der Waals surface area contributed by atoms with Gasteiger partial charge in [0.15, 0.2) is 5.75 Å². The van der Waals surface area contributed by atoms with Crippen molar-refractivity contribution in [1.82, 2.24) is 9.88 Å². The number of hydrogen-bond donors (Lipinski definition) is 0. The number of hydrogen-bond acceptors (Lipinski definition) is 8. The van der Waals surface area contributed by atoms with Crippen LogP contribution < -0.4 is 14.2 Å². The molecule has 3 aromatic rings. The standard InChI is InChI=1S/C31H35FN2O7/c1-31(2,3)41-29(35)21-37-19-23-16-28(18-33-17-23)40-30(36)34-13-11-27(12-14-34)39-26-9-7-25(8-10-26)38-20-22-5-4-6-24(32)15-22/h4-10,15-18,27H,11-14,19-21H2,1-3H3. The maximum Gasteiger partial charge on any atom is 0.415 e. The normalized spacial score (nSPS) is 13.9. The molecule has 1 fully saturated rings. The van der Waals surface area contributed by atoms with Gasteiger partial charge in [-0.05, 0) is 74.4 Å². The van der Waals surface area contributed by atoms with Gasteiger partial charge in [0, 0.05) is 32.1 Å². The predicted molar refractivity (Wildman–Crippen MR) is 148 cm³/mol. The highest BCUT2D eigenvalue weighted by molar-refractivity contribution is 5.71. The maximum absolute atomic E-state index is 13.3. The number of pyridine rings is 1. The van der Waals surface area contributed by atoms with Crippen molar-refractivity contribution in [2.45, 2.75) is 58.5 Å². The summed E-state index contributed by atoms with van der Waals surface area (Å²) in [4.78, 5) is 30.2. The average molecular weight is 567 g/mol. The van der Waals surface area contributed by atoms with Crippen molar-refractivity contribution < 1.29 is 37.7 Å². The van der Waals surface area contributed by atoms with Crippen LogP contribution in [0.4, 0.5) is 9.18 Å². The fraction of sp³-hybridized carbons (Fsp3) is 0.387. The SMILES string of the molecule is CC(C)(C)OC(=O)COCc1cncc(OC(=O)N2CCC(Oc3ccc(OCc4cccc(F)c4)cc3)CC2)c1. The predicted octanol–water partition coefficient (Wildman–Crippen LogP) is 5.70. The molecule has 1 aromatic heterocycles. The molecule has 0 spiro atoms. The summed E-state index contributed by atoms with van der Waals surface area (Å²) in [7, 11) is 0. The second kappa shape index (κ2) is 13.9. The first-order valence-corrected chi connectivity index (χ1v) is 13.5. The van der Waals surface area contributed by atoms with E-state index >= 15 is 0 Å². The third-order valence-electron chi connectivity index (χ3n) is 6.00. The Morgan fingerprint density at radius 1 is 0.927 bits per heavy atom. The van der Waals surface area contributed by atoms with Crippen molar-refractivity contribution in [3.05, 3.63) is 83.9 Å². The van der Waals surface area contributed by atoms with Gasteiger partial charge in [-0.3, -0.25) is 4.98 Å². The lowest BCUT2D eigenvalue weighted by Gasteiger charge is -2.31. The Morgan fingerprint density at radius 3 is 2.37 bits per heavy atom. The topological polar surface area (TPSA) is 96.4 Å². The highest BCUT2D eigenvalue weighted by atomic mass is 19.1. The number of nitrogens with zero attached hydrogens (tertiary/aromatic N) is 2. The largest absolute Gasteiger partial charge is 0.490 e. The number of ether oxygens (including phenoxy) is 5. The molecule has 0 N–H and O–H groups in total. The lowest BCUT2D eigenvalue weighted by atomic mass is 10.1. The molecule has 41 heavy (non-hydrogen) atoms. The fourth-order valence-electron chi connectivity index (χ4n) is 4.14. The van der Waals surface area contributed by atoms with E-state index in [1.165, 1.54) is 18.3 Å². The molecule has 4 rings (SSSR count). The molecule has 10 heteroatoms. The fourth-order valence-corrected chi connectivity index (χ4v) is 4.14. The number of amides is 1. The summed E-state index contributed by atoms with van der Waals surface area (Å²) in [6.45, 7) is 6.56. The summed E-state index contributed by atoms with van der Waals surface area (Å²) >= 11 is 0. The van der Waals surface area contributed by atoms with Crippen molar-refractivity contribution in [2.24, 2.45) is 0 Å². The number of rotatable bonds is 10. The Labute approximate surface area is 239 Å². The molecule has 2 heterocycles. The molecule has 0 aliphatic carbocycles. The van der Waals surface area contributed by atoms with Crippen LogP contribution in [0.1, 0.15) is 44.7 Å². The average Bonchev–Trinajstić information content (AvgIpc) is 2.92. The van der Waals surface area contributed by atoms with Crippen LogP contribution in [-0.4, -0.2) is 53.3 Å². The van der Waals surface area contributed by atoms with Crippen LogP contribution in [0.25, 0.3) is 0 Å². The number of likely N-dealkylation sites (tertiary alicyclic amines) is 1. The molecule has 0 unspecified atom stereocenters. The van der Waals surface area contributed by atoms with E-state index in [1.807, 2.05) is 30.3 Å². The van der Waals surface area contributed by atoms with Crippen LogP contribution in [0.2, 0.25) is 0 Å². The minimum atomic E-state index is -0.578. The van der Waals surface area contributed by atoms with Crippen LogP contribution in [0.15, 0.2) is 67.0 Å². The van der Waals surface area contributed by atoms with Crippen molar-refractivity contribution in [3.63, 3.8) is 0 Å². The number of carbonyl (C=O) groups excluding carboxylic acids is 2. The van der Waals surface area contributed by atoms with Crippen LogP contribution >= 0.6 is 0 Å². The van der Waals surface area contributed by atoms with E-state index in [2.05, 4.69) is 4.98 Å². The molecule has 1 amide bonds. The highest BCUT2D eigenvalue weighted by Crippen LogP contribution is 2.23. The quantitative estimate of drug-likeness (QED) is 0.289. The van der Waals surface area contributed by atoms with Gasteiger partial charge in [0.2, 0.25) is 0 Å². The number of benzene rings is 2. The molecule has 0 atom stereocenters. The Balaban J connectivity index is 1.17. The molecule has 9 nitrogen and oxygen atoms in total. The zero-order valence-electron chi connectivity index (χ0n) is 23.5. The second-order valence-electron chi connectivity index (χ2n) is 10.7. The third-order valence-corrected chi connectivity index (χ3v) is 6.00. The van der Waals surface area contributed by atoms with Gasteiger partial charge in [-0.25, -0.2) is 14.0 Å². The first-order chi connectivity index (χ1) is 19.6. The smallest absolute Gasteiger partial charge is 0.415 e. The van der Waals surface area contributed by atoms with Gasteiger partial charge in [-0.2, -0.15) is 0 Å². The van der Waals surface area contributed by atoms with Crippen LogP contribution in [-0.2, 0) is 27.5 Å². The van der Waals surface area contributed by atoms with Gasteiger partial charge < -0.3 is 28.6 Å². The Morgan fingerprint density at radius 2 is 1.66 bits per heavy atom.